The first-order valence-corrected chi connectivity index (χ1v) is 5.47. The maximum atomic E-state index is 12.8. The Kier molecular flexibility index (Phi) is 3.60. The summed E-state index contributed by atoms with van der Waals surface area (Å²) in [6.45, 7) is -0.178. The third-order valence-electron chi connectivity index (χ3n) is 1.83. The monoisotopic (exact) mass is 218 g/mol. The van der Waals surface area contributed by atoms with Crippen LogP contribution in [0.15, 0.2) is 30.3 Å². The molecule has 78 valence electrons. The Balaban J connectivity index is 3.02. The number of rotatable bonds is 4. The van der Waals surface area contributed by atoms with Crippen molar-refractivity contribution in [3.63, 3.8) is 0 Å². The van der Waals surface area contributed by atoms with Crippen molar-refractivity contribution in [2.24, 2.45) is 0 Å². The van der Waals surface area contributed by atoms with Crippen LogP contribution in [0.1, 0.15) is 10.8 Å². The Bertz CT molecular complexity index is 374. The van der Waals surface area contributed by atoms with E-state index in [4.69, 9.17) is 0 Å². The van der Waals surface area contributed by atoms with Crippen LogP contribution in [-0.4, -0.2) is 22.1 Å². The summed E-state index contributed by atoms with van der Waals surface area (Å²) in [5, 5.41) is -1.23. The van der Waals surface area contributed by atoms with Gasteiger partial charge in [-0.3, -0.25) is 0 Å². The van der Waals surface area contributed by atoms with Gasteiger partial charge in [-0.05, 0) is 5.56 Å². The molecule has 0 amide bonds. The van der Waals surface area contributed by atoms with Crippen molar-refractivity contribution in [1.29, 1.82) is 0 Å². The van der Waals surface area contributed by atoms with Crippen molar-refractivity contribution < 1.29 is 17.0 Å². The molecule has 0 N–H and O–H groups in total. The van der Waals surface area contributed by atoms with E-state index >= 15 is 0 Å². The SMILES string of the molecule is COCC(c1ccccc1)S(=O)(=O)F. The van der Waals surface area contributed by atoms with Gasteiger partial charge in [-0.2, -0.15) is 8.42 Å². The second-order valence-corrected chi connectivity index (χ2v) is 4.35. The predicted octanol–water partition coefficient (Wildman–Crippen LogP) is 1.67. The van der Waals surface area contributed by atoms with Gasteiger partial charge in [0.15, 0.2) is 0 Å². The molecule has 1 aromatic rings. The maximum Gasteiger partial charge on any atom is 0.311 e. The van der Waals surface area contributed by atoms with E-state index in [1.165, 1.54) is 7.11 Å². The molecule has 14 heavy (non-hydrogen) atoms. The van der Waals surface area contributed by atoms with E-state index < -0.39 is 15.5 Å². The van der Waals surface area contributed by atoms with Crippen LogP contribution in [0, 0.1) is 0 Å². The molecule has 1 unspecified atom stereocenters. The summed E-state index contributed by atoms with van der Waals surface area (Å²) in [6.07, 6.45) is 0. The molecule has 3 nitrogen and oxygen atoms in total. The summed E-state index contributed by atoms with van der Waals surface area (Å²) >= 11 is 0. The van der Waals surface area contributed by atoms with Crippen LogP contribution in [-0.2, 0) is 15.0 Å². The standard InChI is InChI=1S/C9H11FO3S/c1-13-7-9(14(10,11)12)8-5-3-2-4-6-8/h2-6,9H,7H2,1H3. The molecule has 0 saturated carbocycles. The molecule has 0 spiro atoms. The van der Waals surface area contributed by atoms with Gasteiger partial charge in [0.2, 0.25) is 0 Å². The minimum atomic E-state index is -4.61. The fourth-order valence-electron chi connectivity index (χ4n) is 1.16. The number of hydrogen-bond acceptors (Lipinski definition) is 3. The first-order chi connectivity index (χ1) is 6.55. The van der Waals surface area contributed by atoms with Gasteiger partial charge in [-0.15, -0.1) is 3.89 Å². The molecule has 5 heteroatoms. The van der Waals surface area contributed by atoms with Gasteiger partial charge in [-0.25, -0.2) is 0 Å². The minimum absolute atomic E-state index is 0.178. The summed E-state index contributed by atoms with van der Waals surface area (Å²) in [7, 11) is -3.27. The van der Waals surface area contributed by atoms with Gasteiger partial charge < -0.3 is 4.74 Å². The Morgan fingerprint density at radius 2 is 1.93 bits per heavy atom. The summed E-state index contributed by atoms with van der Waals surface area (Å²) in [6, 6.07) is 8.16. The fraction of sp³-hybridized carbons (Fsp3) is 0.333. The molecule has 1 rings (SSSR count). The number of halogens is 1. The lowest BCUT2D eigenvalue weighted by Crippen LogP contribution is -2.13. The van der Waals surface area contributed by atoms with Gasteiger partial charge in [0, 0.05) is 7.11 Å². The number of benzene rings is 1. The lowest BCUT2D eigenvalue weighted by Gasteiger charge is -2.11. The third kappa shape index (κ3) is 2.78. The summed E-state index contributed by atoms with van der Waals surface area (Å²) in [4.78, 5) is 0. The predicted molar refractivity (Wildman–Crippen MR) is 51.1 cm³/mol. The van der Waals surface area contributed by atoms with Crippen LogP contribution in [0.2, 0.25) is 0 Å². The van der Waals surface area contributed by atoms with Crippen LogP contribution in [0.4, 0.5) is 3.89 Å². The van der Waals surface area contributed by atoms with Crippen molar-refractivity contribution in [2.75, 3.05) is 13.7 Å². The Labute approximate surface area is 82.7 Å². The first-order valence-electron chi connectivity index (χ1n) is 4.03. The highest BCUT2D eigenvalue weighted by molar-refractivity contribution is 7.86. The second kappa shape index (κ2) is 4.52. The normalized spacial score (nSPS) is 13.9. The topological polar surface area (TPSA) is 43.4 Å². The van der Waals surface area contributed by atoms with Crippen molar-refractivity contribution in [1.82, 2.24) is 0 Å². The highest BCUT2D eigenvalue weighted by Crippen LogP contribution is 2.23. The molecule has 0 heterocycles. The zero-order valence-corrected chi connectivity index (χ0v) is 8.50. The Hall–Kier alpha value is -0.940. The lowest BCUT2D eigenvalue weighted by atomic mass is 10.2. The summed E-state index contributed by atoms with van der Waals surface area (Å²) in [5.41, 5.74) is 0.400. The third-order valence-corrected chi connectivity index (χ3v) is 2.92. The molecule has 0 bridgehead atoms. The van der Waals surface area contributed by atoms with Crippen LogP contribution < -0.4 is 0 Å². The van der Waals surface area contributed by atoms with Gasteiger partial charge >= 0.3 is 10.2 Å². The smallest absolute Gasteiger partial charge is 0.311 e. The quantitative estimate of drug-likeness (QED) is 0.722. The average Bonchev–Trinajstić information content (AvgIpc) is 2.14. The fourth-order valence-corrected chi connectivity index (χ4v) is 1.94. The molecule has 0 radical (unpaired) electrons. The summed E-state index contributed by atoms with van der Waals surface area (Å²) < 4.78 is 39.0. The molecule has 0 aromatic heterocycles. The van der Waals surface area contributed by atoms with Crippen LogP contribution in [0.5, 0.6) is 0 Å². The second-order valence-electron chi connectivity index (χ2n) is 2.83. The van der Waals surface area contributed by atoms with Gasteiger partial charge in [0.1, 0.15) is 5.25 Å². The lowest BCUT2D eigenvalue weighted by molar-refractivity contribution is 0.196. The van der Waals surface area contributed by atoms with Crippen molar-refractivity contribution >= 4 is 10.2 Å². The zero-order chi connectivity index (χ0) is 10.6. The molecule has 0 aliphatic heterocycles. The molecule has 1 atom stereocenters. The molecular formula is C9H11FO3S. The van der Waals surface area contributed by atoms with Crippen molar-refractivity contribution in [3.05, 3.63) is 35.9 Å². The largest absolute Gasteiger partial charge is 0.383 e. The molecular weight excluding hydrogens is 207 g/mol. The molecule has 0 fully saturated rings. The van der Waals surface area contributed by atoms with Crippen LogP contribution in [0.25, 0.3) is 0 Å². The number of methoxy groups -OCH3 is 1. The van der Waals surface area contributed by atoms with E-state index in [-0.39, 0.29) is 6.61 Å². The van der Waals surface area contributed by atoms with Gasteiger partial charge in [0.25, 0.3) is 0 Å². The van der Waals surface area contributed by atoms with E-state index in [0.29, 0.717) is 5.56 Å². The van der Waals surface area contributed by atoms with E-state index in [2.05, 4.69) is 4.74 Å². The molecule has 0 aliphatic rings. The Morgan fingerprint density at radius 1 is 1.36 bits per heavy atom. The van der Waals surface area contributed by atoms with Crippen molar-refractivity contribution in [3.8, 4) is 0 Å². The van der Waals surface area contributed by atoms with E-state index in [0.717, 1.165) is 0 Å². The average molecular weight is 218 g/mol. The maximum absolute atomic E-state index is 12.8. The highest BCUT2D eigenvalue weighted by atomic mass is 32.3. The number of hydrogen-bond donors (Lipinski definition) is 0. The van der Waals surface area contributed by atoms with Gasteiger partial charge in [-0.1, -0.05) is 30.3 Å². The summed E-state index contributed by atoms with van der Waals surface area (Å²) in [5.74, 6) is 0. The van der Waals surface area contributed by atoms with E-state index in [9.17, 15) is 12.3 Å². The first kappa shape index (κ1) is 11.1. The zero-order valence-electron chi connectivity index (χ0n) is 7.68. The number of ether oxygens (including phenoxy) is 1. The van der Waals surface area contributed by atoms with E-state index in [1.54, 1.807) is 30.3 Å². The Morgan fingerprint density at radius 3 is 2.36 bits per heavy atom. The molecule has 1 aromatic carbocycles. The van der Waals surface area contributed by atoms with Crippen molar-refractivity contribution in [2.45, 2.75) is 5.25 Å². The van der Waals surface area contributed by atoms with Gasteiger partial charge in [0.05, 0.1) is 6.61 Å². The van der Waals surface area contributed by atoms with Crippen LogP contribution in [0.3, 0.4) is 0 Å². The van der Waals surface area contributed by atoms with E-state index in [1.807, 2.05) is 0 Å². The van der Waals surface area contributed by atoms with Crippen LogP contribution >= 0.6 is 0 Å². The molecule has 0 saturated heterocycles. The highest BCUT2D eigenvalue weighted by Gasteiger charge is 2.26. The molecule has 0 aliphatic carbocycles. The minimum Gasteiger partial charge on any atom is -0.383 e.